The van der Waals surface area contributed by atoms with E-state index in [1.54, 1.807) is 7.11 Å². The van der Waals surface area contributed by atoms with E-state index in [1.807, 2.05) is 37.1 Å². The van der Waals surface area contributed by atoms with Gasteiger partial charge in [-0.3, -0.25) is 9.59 Å². The number of rotatable bonds is 7. The summed E-state index contributed by atoms with van der Waals surface area (Å²) in [7, 11) is 6.24. The second kappa shape index (κ2) is 13.7. The van der Waals surface area contributed by atoms with E-state index in [0.29, 0.717) is 43.7 Å². The van der Waals surface area contributed by atoms with Crippen molar-refractivity contribution in [2.24, 2.45) is 11.3 Å². The predicted octanol–water partition coefficient (Wildman–Crippen LogP) is 4.47. The Labute approximate surface area is 340 Å². The maximum Gasteiger partial charge on any atom is 0.344 e. The summed E-state index contributed by atoms with van der Waals surface area (Å²) < 4.78 is 24.0. The highest BCUT2D eigenvalue weighted by Crippen LogP contribution is 2.67. The van der Waals surface area contributed by atoms with E-state index in [4.69, 9.17) is 18.9 Å². The van der Waals surface area contributed by atoms with Crippen LogP contribution in [0.25, 0.3) is 10.9 Å². The average molecular weight is 793 g/mol. The Kier molecular flexibility index (Phi) is 9.18. The predicted molar refractivity (Wildman–Crippen MR) is 220 cm³/mol. The largest absolute Gasteiger partial charge is 0.496 e. The minimum Gasteiger partial charge on any atom is -0.496 e. The minimum atomic E-state index is -2.28. The molecule has 306 valence electrons. The summed E-state index contributed by atoms with van der Waals surface area (Å²) in [5, 5.41) is 14.4. The zero-order valence-electron chi connectivity index (χ0n) is 34.7. The molecule has 1 aromatic heterocycles. The first-order valence-corrected chi connectivity index (χ1v) is 20.8. The molecular weight excluding hydrogens is 737 g/mol. The van der Waals surface area contributed by atoms with Gasteiger partial charge in [0.1, 0.15) is 43.9 Å². The van der Waals surface area contributed by atoms with Crippen LogP contribution in [0.4, 0.5) is 5.69 Å². The third kappa shape index (κ3) is 4.94. The molecular formula is C46H56N4O8+2. The Balaban J connectivity index is 1.37. The summed E-state index contributed by atoms with van der Waals surface area (Å²) in [5.74, 6) is -1.31. The van der Waals surface area contributed by atoms with Crippen LogP contribution in [0.15, 0.2) is 60.2 Å². The van der Waals surface area contributed by atoms with E-state index in [9.17, 15) is 14.7 Å². The van der Waals surface area contributed by atoms with Gasteiger partial charge in [-0.15, -0.1) is 0 Å². The molecule has 12 heteroatoms. The molecule has 58 heavy (non-hydrogen) atoms. The monoisotopic (exact) mass is 792 g/mol. The van der Waals surface area contributed by atoms with Gasteiger partial charge in [-0.25, -0.2) is 4.79 Å². The van der Waals surface area contributed by atoms with Crippen molar-refractivity contribution < 1.29 is 38.4 Å². The highest BCUT2D eigenvalue weighted by atomic mass is 16.6. The molecule has 1 saturated carbocycles. The van der Waals surface area contributed by atoms with Crippen molar-refractivity contribution in [3.63, 3.8) is 0 Å². The number of carbonyl (C=O) groups is 3. The summed E-state index contributed by atoms with van der Waals surface area (Å²) in [6, 6.07) is 11.2. The van der Waals surface area contributed by atoms with Crippen LogP contribution in [0.3, 0.4) is 0 Å². The molecule has 9 rings (SSSR count). The molecule has 6 heterocycles. The molecule has 1 spiro atoms. The number of carbonyl (C=O) groups excluding carboxylic acids is 3. The number of benzene rings is 2. The fourth-order valence-corrected chi connectivity index (χ4v) is 13.0. The molecule has 0 amide bonds. The topological polar surface area (TPSA) is 139 Å². The number of aliphatic hydroxyl groups is 1. The van der Waals surface area contributed by atoms with Gasteiger partial charge in [0.15, 0.2) is 12.1 Å². The molecule has 2 radical (unpaired) electrons. The molecule has 12 nitrogen and oxygen atoms in total. The highest BCUT2D eigenvalue weighted by molar-refractivity contribution is 5.95. The molecule has 2 fully saturated rings. The van der Waals surface area contributed by atoms with E-state index >= 15 is 4.79 Å². The minimum absolute atomic E-state index is 0.0217. The van der Waals surface area contributed by atoms with Gasteiger partial charge < -0.3 is 33.9 Å². The first-order chi connectivity index (χ1) is 27.9. The zero-order valence-corrected chi connectivity index (χ0v) is 34.7. The van der Waals surface area contributed by atoms with E-state index < -0.39 is 45.9 Å². The summed E-state index contributed by atoms with van der Waals surface area (Å²) in [5.41, 5.74) is 1.10. The van der Waals surface area contributed by atoms with Crippen molar-refractivity contribution in [1.29, 1.82) is 0 Å². The van der Waals surface area contributed by atoms with Gasteiger partial charge in [0.05, 0.1) is 38.2 Å². The fraction of sp³-hybridized carbons (Fsp3) is 0.543. The van der Waals surface area contributed by atoms with Crippen LogP contribution >= 0.6 is 0 Å². The number of nitrogens with zero attached hydrogens (tertiary/aromatic N) is 3. The lowest BCUT2D eigenvalue weighted by atomic mass is 9.47. The van der Waals surface area contributed by atoms with Crippen molar-refractivity contribution in [2.45, 2.75) is 87.5 Å². The Bertz CT molecular complexity index is 2270. The molecule has 2 aromatic carbocycles. The number of ether oxygens (including phenoxy) is 4. The summed E-state index contributed by atoms with van der Waals surface area (Å²) in [4.78, 5) is 53.4. The number of likely N-dealkylation sites (N-methyl/N-ethyl adjacent to an activating group) is 1. The lowest BCUT2D eigenvalue weighted by Gasteiger charge is -2.60. The van der Waals surface area contributed by atoms with Crippen molar-refractivity contribution in [3.05, 3.63) is 82.6 Å². The fourth-order valence-electron chi connectivity index (χ4n) is 13.0. The number of aromatic amines is 1. The van der Waals surface area contributed by atoms with E-state index in [1.165, 1.54) is 26.7 Å². The Morgan fingerprint density at radius 1 is 1.03 bits per heavy atom. The van der Waals surface area contributed by atoms with Crippen molar-refractivity contribution in [2.75, 3.05) is 66.0 Å². The number of hydrogen-bond acceptors (Lipinski definition) is 11. The van der Waals surface area contributed by atoms with Gasteiger partial charge >= 0.3 is 17.9 Å². The molecule has 1 unspecified atom stereocenters. The number of H-pyrrole nitrogens is 1. The van der Waals surface area contributed by atoms with Crippen LogP contribution in [0.2, 0.25) is 0 Å². The molecule has 6 aliphatic rings. The Morgan fingerprint density at radius 3 is 2.52 bits per heavy atom. The summed E-state index contributed by atoms with van der Waals surface area (Å²) in [6.45, 7) is 9.44. The first-order valence-electron chi connectivity index (χ1n) is 20.8. The smallest absolute Gasteiger partial charge is 0.344 e. The molecule has 2 N–H and O–H groups in total. The van der Waals surface area contributed by atoms with Crippen LogP contribution in [0.5, 0.6) is 5.75 Å². The lowest BCUT2D eigenvalue weighted by Crippen LogP contribution is -2.82. The van der Waals surface area contributed by atoms with Crippen LogP contribution in [0.1, 0.15) is 68.8 Å². The normalized spacial score (nSPS) is 34.7. The van der Waals surface area contributed by atoms with Gasteiger partial charge in [-0.1, -0.05) is 44.2 Å². The zero-order chi connectivity index (χ0) is 40.9. The van der Waals surface area contributed by atoms with Crippen LogP contribution in [-0.2, 0) is 45.8 Å². The molecule has 1 saturated heterocycles. The van der Waals surface area contributed by atoms with E-state index in [2.05, 4.69) is 58.1 Å². The van der Waals surface area contributed by atoms with Gasteiger partial charge in [0.2, 0.25) is 5.60 Å². The lowest BCUT2D eigenvalue weighted by molar-refractivity contribution is -0.225. The Morgan fingerprint density at radius 2 is 1.81 bits per heavy atom. The Hall–Kier alpha value is -4.65. The van der Waals surface area contributed by atoms with Gasteiger partial charge in [0, 0.05) is 66.6 Å². The maximum atomic E-state index is 15.3. The SMILES string of the molecule is CCC1=C[C@H]2C[N+](CCc3c([nH]c4ccccc34)[C@@](C(=O)OC)(c3cc4c(cc3OC)N(C)[C@H]3[C@@](O)(C(=O)OC)[C@H](OC(C)=O)[C@]5(CC)C=CC[N+]6CC[C@]43[C@@H]65)C2)C1. The van der Waals surface area contributed by atoms with Crippen LogP contribution in [0, 0.1) is 11.3 Å². The number of para-hydroxylation sites is 1. The number of fused-ring (bicyclic) bond motifs is 6. The second-order valence-electron chi connectivity index (χ2n) is 17.5. The first kappa shape index (κ1) is 38.8. The number of hydrogen-bond donors (Lipinski definition) is 2. The summed E-state index contributed by atoms with van der Waals surface area (Å²) in [6.07, 6.45) is 8.43. The number of aromatic nitrogens is 1. The van der Waals surface area contributed by atoms with Gasteiger partial charge in [0.25, 0.3) is 0 Å². The van der Waals surface area contributed by atoms with E-state index in [0.717, 1.165) is 65.9 Å². The summed E-state index contributed by atoms with van der Waals surface area (Å²) >= 11 is 0. The van der Waals surface area contributed by atoms with Gasteiger partial charge in [-0.2, -0.15) is 9.80 Å². The number of anilines is 1. The number of nitrogens with one attached hydrogen (secondary N) is 1. The molecule has 2 bridgehead atoms. The molecule has 9 atom stereocenters. The standard InChI is InChI=1S/C46H56N4O8/c1-8-28-21-29-24-45(41(52)56-6,37-31(15-19-49(25-28)26-29)30-13-10-11-14-34(30)47-37)33-22-32-35(23-36(33)55-5)48(4)39-44(32)17-20-50-18-12-16-43(9-2,38(44)50)40(58-27(3)51)46(39,54)42(53)57-7/h10-14,16,21-23,29,38-40,47,54H,8-9,15,17-20,24-26H2,1-7H3/q+2/t29-,38+,39-,40-,43-,44-,45+,46+/m1/s1. The number of methoxy groups -OCH3 is 3. The second-order valence-corrected chi connectivity index (χ2v) is 17.5. The van der Waals surface area contributed by atoms with Crippen molar-refractivity contribution in [1.82, 2.24) is 14.8 Å². The molecule has 1 aliphatic carbocycles. The van der Waals surface area contributed by atoms with Crippen molar-refractivity contribution >= 4 is 34.5 Å². The highest BCUT2D eigenvalue weighted by Gasteiger charge is 2.84. The van der Waals surface area contributed by atoms with Gasteiger partial charge in [-0.05, 0) is 54.2 Å². The van der Waals surface area contributed by atoms with E-state index in [-0.39, 0.29) is 17.9 Å². The third-order valence-electron chi connectivity index (χ3n) is 15.1. The van der Waals surface area contributed by atoms with Crippen LogP contribution < -0.4 is 19.4 Å². The van der Waals surface area contributed by atoms with Crippen LogP contribution in [-0.4, -0.2) is 113 Å². The maximum absolute atomic E-state index is 15.3. The van der Waals surface area contributed by atoms with Crippen molar-refractivity contribution in [3.8, 4) is 5.75 Å². The number of esters is 3. The third-order valence-corrected chi connectivity index (χ3v) is 15.1. The molecule has 5 aliphatic heterocycles. The molecule has 3 aromatic rings. The quantitative estimate of drug-likeness (QED) is 0.154. The average Bonchev–Trinajstić information content (AvgIpc) is 3.89.